The van der Waals surface area contributed by atoms with Crippen LogP contribution in [0.25, 0.3) is 0 Å². The number of hydrogen-bond acceptors (Lipinski definition) is 3. The van der Waals surface area contributed by atoms with Gasteiger partial charge >= 0.3 is 0 Å². The summed E-state index contributed by atoms with van der Waals surface area (Å²) in [4.78, 5) is 13.5. The van der Waals surface area contributed by atoms with Gasteiger partial charge in [0.15, 0.2) is 0 Å². The molecule has 0 aromatic heterocycles. The Bertz CT molecular complexity index is 418. The van der Waals surface area contributed by atoms with E-state index in [1.165, 1.54) is 10.5 Å². The second-order valence-electron chi connectivity index (χ2n) is 4.97. The van der Waals surface area contributed by atoms with E-state index in [1.54, 1.807) is 11.8 Å². The molecule has 2 heterocycles. The van der Waals surface area contributed by atoms with E-state index in [0.29, 0.717) is 6.04 Å². The highest BCUT2D eigenvalue weighted by Crippen LogP contribution is 2.36. The van der Waals surface area contributed by atoms with E-state index in [-0.39, 0.29) is 11.2 Å². The van der Waals surface area contributed by atoms with Crippen LogP contribution in [0.15, 0.2) is 29.2 Å². The van der Waals surface area contributed by atoms with E-state index in [0.717, 1.165) is 32.4 Å². The van der Waals surface area contributed by atoms with Crippen LogP contribution in [0.5, 0.6) is 0 Å². The quantitative estimate of drug-likeness (QED) is 0.850. The molecule has 1 saturated heterocycles. The summed E-state index contributed by atoms with van der Waals surface area (Å²) in [5, 5.41) is 6.56. The minimum Gasteiger partial charge on any atom is -0.351 e. The van der Waals surface area contributed by atoms with Crippen molar-refractivity contribution in [3.05, 3.63) is 29.8 Å². The van der Waals surface area contributed by atoms with Gasteiger partial charge in [0.25, 0.3) is 0 Å². The van der Waals surface area contributed by atoms with Crippen LogP contribution in [0.1, 0.15) is 18.4 Å². The monoisotopic (exact) mass is 262 g/mol. The lowest BCUT2D eigenvalue weighted by Gasteiger charge is -2.24. The van der Waals surface area contributed by atoms with Crippen molar-refractivity contribution in [1.82, 2.24) is 10.6 Å². The van der Waals surface area contributed by atoms with Crippen LogP contribution < -0.4 is 10.6 Å². The molecule has 4 heteroatoms. The Labute approximate surface area is 112 Å². The molecule has 1 aromatic rings. The molecule has 1 amide bonds. The molecule has 0 bridgehead atoms. The molecule has 1 aromatic carbocycles. The van der Waals surface area contributed by atoms with Gasteiger partial charge in [-0.1, -0.05) is 18.2 Å². The zero-order valence-electron chi connectivity index (χ0n) is 10.3. The van der Waals surface area contributed by atoms with Crippen LogP contribution in [-0.4, -0.2) is 30.3 Å². The molecule has 0 aliphatic carbocycles. The minimum atomic E-state index is 0.0596. The lowest BCUT2D eigenvalue weighted by atomic mass is 10.1. The van der Waals surface area contributed by atoms with Crippen molar-refractivity contribution in [2.75, 3.05) is 13.1 Å². The first kappa shape index (κ1) is 12.1. The van der Waals surface area contributed by atoms with Crippen molar-refractivity contribution in [2.45, 2.75) is 35.4 Å². The molecule has 2 aliphatic heterocycles. The first-order valence-corrected chi connectivity index (χ1v) is 7.46. The molecule has 1 unspecified atom stereocenters. The Morgan fingerprint density at radius 3 is 3.06 bits per heavy atom. The van der Waals surface area contributed by atoms with Crippen molar-refractivity contribution in [3.8, 4) is 0 Å². The topological polar surface area (TPSA) is 41.1 Å². The molecule has 96 valence electrons. The van der Waals surface area contributed by atoms with E-state index in [4.69, 9.17) is 0 Å². The number of carbonyl (C=O) groups excluding carboxylic acids is 1. The molecule has 2 atom stereocenters. The summed E-state index contributed by atoms with van der Waals surface area (Å²) < 4.78 is 0. The average Bonchev–Trinajstić information content (AvgIpc) is 2.84. The van der Waals surface area contributed by atoms with Gasteiger partial charge in [-0.15, -0.1) is 11.8 Å². The number of piperidine rings is 1. The molecule has 0 radical (unpaired) electrons. The van der Waals surface area contributed by atoms with Crippen molar-refractivity contribution in [1.29, 1.82) is 0 Å². The third kappa shape index (κ3) is 2.54. The predicted molar refractivity (Wildman–Crippen MR) is 73.8 cm³/mol. The maximum atomic E-state index is 12.2. The summed E-state index contributed by atoms with van der Waals surface area (Å²) in [6.45, 7) is 1.99. The van der Waals surface area contributed by atoms with Crippen LogP contribution in [0, 0.1) is 0 Å². The Hall–Kier alpha value is -1.00. The largest absolute Gasteiger partial charge is 0.351 e. The fourth-order valence-corrected chi connectivity index (χ4v) is 3.80. The summed E-state index contributed by atoms with van der Waals surface area (Å²) in [5.74, 6) is 0.199. The number of nitrogens with one attached hydrogen (secondary N) is 2. The Morgan fingerprint density at radius 1 is 1.39 bits per heavy atom. The fourth-order valence-electron chi connectivity index (χ4n) is 2.60. The number of amides is 1. The van der Waals surface area contributed by atoms with Crippen molar-refractivity contribution in [2.24, 2.45) is 0 Å². The first-order valence-electron chi connectivity index (χ1n) is 6.58. The van der Waals surface area contributed by atoms with E-state index in [2.05, 4.69) is 22.8 Å². The smallest absolute Gasteiger partial charge is 0.234 e. The summed E-state index contributed by atoms with van der Waals surface area (Å²) in [6, 6.07) is 8.63. The molecule has 2 N–H and O–H groups in total. The van der Waals surface area contributed by atoms with Gasteiger partial charge in [0, 0.05) is 17.5 Å². The summed E-state index contributed by atoms with van der Waals surface area (Å²) in [5.41, 5.74) is 1.31. The maximum Gasteiger partial charge on any atom is 0.234 e. The first-order chi connectivity index (χ1) is 8.83. The minimum absolute atomic E-state index is 0.0596. The normalized spacial score (nSPS) is 26.7. The zero-order chi connectivity index (χ0) is 12.4. The van der Waals surface area contributed by atoms with Crippen molar-refractivity contribution in [3.63, 3.8) is 0 Å². The number of fused-ring (bicyclic) bond motifs is 1. The second-order valence-corrected chi connectivity index (χ2v) is 6.21. The Balaban J connectivity index is 1.58. The molecule has 18 heavy (non-hydrogen) atoms. The highest BCUT2D eigenvalue weighted by atomic mass is 32.2. The van der Waals surface area contributed by atoms with Crippen molar-refractivity contribution < 1.29 is 4.79 Å². The summed E-state index contributed by atoms with van der Waals surface area (Å²) >= 11 is 1.70. The second kappa shape index (κ2) is 5.33. The van der Waals surface area contributed by atoms with Crippen molar-refractivity contribution >= 4 is 17.7 Å². The SMILES string of the molecule is O=C(N[C@H]1CCCNC1)C1Cc2ccccc2S1. The van der Waals surface area contributed by atoms with E-state index >= 15 is 0 Å². The molecular formula is C14H18N2OS. The predicted octanol–water partition coefficient (Wildman–Crippen LogP) is 1.57. The third-order valence-electron chi connectivity index (χ3n) is 3.58. The van der Waals surface area contributed by atoms with E-state index in [1.807, 2.05) is 12.1 Å². The maximum absolute atomic E-state index is 12.2. The van der Waals surface area contributed by atoms with Gasteiger partial charge in [0.1, 0.15) is 0 Å². The van der Waals surface area contributed by atoms with Gasteiger partial charge in [-0.25, -0.2) is 0 Å². The van der Waals surface area contributed by atoms with Gasteiger partial charge in [-0.05, 0) is 37.4 Å². The van der Waals surface area contributed by atoms with Crippen LogP contribution in [-0.2, 0) is 11.2 Å². The molecule has 1 fully saturated rings. The highest BCUT2D eigenvalue weighted by molar-refractivity contribution is 8.01. The van der Waals surface area contributed by atoms with Gasteiger partial charge in [0.2, 0.25) is 5.91 Å². The van der Waals surface area contributed by atoms with Crippen LogP contribution in [0.3, 0.4) is 0 Å². The van der Waals surface area contributed by atoms with Gasteiger partial charge in [-0.2, -0.15) is 0 Å². The van der Waals surface area contributed by atoms with E-state index in [9.17, 15) is 4.79 Å². The summed E-state index contributed by atoms with van der Waals surface area (Å²) in [7, 11) is 0. The standard InChI is InChI=1S/C14H18N2OS/c17-14(16-11-5-3-7-15-9-11)13-8-10-4-1-2-6-12(10)18-13/h1-2,4,6,11,13,15H,3,5,7-9H2,(H,16,17)/t11-,13?/m0/s1. The molecule has 0 spiro atoms. The highest BCUT2D eigenvalue weighted by Gasteiger charge is 2.29. The van der Waals surface area contributed by atoms with Gasteiger partial charge < -0.3 is 10.6 Å². The number of benzene rings is 1. The third-order valence-corrected chi connectivity index (χ3v) is 4.90. The number of carbonyl (C=O) groups is 1. The molecule has 3 nitrogen and oxygen atoms in total. The number of rotatable bonds is 2. The van der Waals surface area contributed by atoms with Crippen LogP contribution in [0.2, 0.25) is 0 Å². The van der Waals surface area contributed by atoms with Gasteiger partial charge in [0.05, 0.1) is 5.25 Å². The van der Waals surface area contributed by atoms with Crippen LogP contribution in [0.4, 0.5) is 0 Å². The molecule has 0 saturated carbocycles. The average molecular weight is 262 g/mol. The molecular weight excluding hydrogens is 244 g/mol. The number of hydrogen-bond donors (Lipinski definition) is 2. The fraction of sp³-hybridized carbons (Fsp3) is 0.500. The number of thioether (sulfide) groups is 1. The van der Waals surface area contributed by atoms with Gasteiger partial charge in [-0.3, -0.25) is 4.79 Å². The Morgan fingerprint density at radius 2 is 2.28 bits per heavy atom. The lowest BCUT2D eigenvalue weighted by molar-refractivity contribution is -0.121. The molecule has 2 aliphatic rings. The van der Waals surface area contributed by atoms with E-state index < -0.39 is 0 Å². The molecule has 3 rings (SSSR count). The zero-order valence-corrected chi connectivity index (χ0v) is 11.1. The van der Waals surface area contributed by atoms with Crippen LogP contribution >= 0.6 is 11.8 Å². The lowest BCUT2D eigenvalue weighted by Crippen LogP contribution is -2.48. The summed E-state index contributed by atoms with van der Waals surface area (Å²) in [6.07, 6.45) is 3.12. The Kier molecular flexibility index (Phi) is 3.57.